The first-order valence-corrected chi connectivity index (χ1v) is 12.7. The van der Waals surface area contributed by atoms with E-state index in [9.17, 15) is 0 Å². The zero-order chi connectivity index (χ0) is 26.8. The standard InChI is InChI=1S/C34H32N2O2/c1-21-23(3)31(37-33-15-9-7-13-29(33)35)19-17-25(21)27-11-5-6-12-28(27)26-18-20-32(24(4)22(26)2)38-34-16-10-8-14-30(34)36/h5-20H,35-36H2,1-4H3. The van der Waals surface area contributed by atoms with Crippen molar-refractivity contribution in [1.29, 1.82) is 0 Å². The lowest BCUT2D eigenvalue weighted by molar-refractivity contribution is 0.480. The van der Waals surface area contributed by atoms with Crippen LogP contribution in [0.4, 0.5) is 11.4 Å². The van der Waals surface area contributed by atoms with Crippen molar-refractivity contribution >= 4 is 11.4 Å². The summed E-state index contributed by atoms with van der Waals surface area (Å²) < 4.78 is 12.4. The van der Waals surface area contributed by atoms with Crippen LogP contribution in [0.25, 0.3) is 22.3 Å². The smallest absolute Gasteiger partial charge is 0.150 e. The minimum Gasteiger partial charge on any atom is -0.455 e. The van der Waals surface area contributed by atoms with Crippen molar-refractivity contribution < 1.29 is 9.47 Å². The Kier molecular flexibility index (Phi) is 6.80. The van der Waals surface area contributed by atoms with Crippen LogP contribution in [0, 0.1) is 27.7 Å². The van der Waals surface area contributed by atoms with Crippen LogP contribution >= 0.6 is 0 Å². The number of nitrogens with two attached hydrogens (primary N) is 2. The van der Waals surface area contributed by atoms with E-state index >= 15 is 0 Å². The van der Waals surface area contributed by atoms with Gasteiger partial charge in [0.05, 0.1) is 11.4 Å². The van der Waals surface area contributed by atoms with Gasteiger partial charge in [-0.2, -0.15) is 0 Å². The summed E-state index contributed by atoms with van der Waals surface area (Å²) in [6.07, 6.45) is 0. The molecule has 4 heteroatoms. The molecule has 0 unspecified atom stereocenters. The van der Waals surface area contributed by atoms with Crippen molar-refractivity contribution in [3.05, 3.63) is 119 Å². The molecule has 0 amide bonds. The van der Waals surface area contributed by atoms with Crippen LogP contribution in [-0.4, -0.2) is 0 Å². The van der Waals surface area contributed by atoms with Gasteiger partial charge in [-0.15, -0.1) is 0 Å². The number of ether oxygens (including phenoxy) is 2. The highest BCUT2D eigenvalue weighted by molar-refractivity contribution is 5.87. The zero-order valence-corrected chi connectivity index (χ0v) is 22.2. The average Bonchev–Trinajstić information content (AvgIpc) is 2.92. The van der Waals surface area contributed by atoms with Gasteiger partial charge in [0.1, 0.15) is 23.0 Å². The fourth-order valence-corrected chi connectivity index (χ4v) is 4.73. The number of hydrogen-bond donors (Lipinski definition) is 2. The van der Waals surface area contributed by atoms with Gasteiger partial charge in [0.2, 0.25) is 0 Å². The molecule has 0 spiro atoms. The maximum Gasteiger partial charge on any atom is 0.150 e. The first-order valence-electron chi connectivity index (χ1n) is 12.7. The Morgan fingerprint density at radius 2 is 0.737 bits per heavy atom. The zero-order valence-electron chi connectivity index (χ0n) is 22.2. The lowest BCUT2D eigenvalue weighted by Gasteiger charge is -2.20. The van der Waals surface area contributed by atoms with Gasteiger partial charge in [0, 0.05) is 0 Å². The summed E-state index contributed by atoms with van der Waals surface area (Å²) in [7, 11) is 0. The number of rotatable bonds is 6. The van der Waals surface area contributed by atoms with Crippen LogP contribution in [0.1, 0.15) is 22.3 Å². The predicted molar refractivity (Wildman–Crippen MR) is 158 cm³/mol. The molecule has 0 bridgehead atoms. The molecule has 0 aliphatic heterocycles. The van der Waals surface area contributed by atoms with E-state index in [-0.39, 0.29) is 0 Å². The molecule has 38 heavy (non-hydrogen) atoms. The fraction of sp³-hybridized carbons (Fsp3) is 0.118. The lowest BCUT2D eigenvalue weighted by Crippen LogP contribution is -1.98. The second kappa shape index (κ2) is 10.3. The summed E-state index contributed by atoms with van der Waals surface area (Å²) in [4.78, 5) is 0. The van der Waals surface area contributed by atoms with Gasteiger partial charge in [-0.3, -0.25) is 0 Å². The molecule has 4 nitrogen and oxygen atoms in total. The van der Waals surface area contributed by atoms with Gasteiger partial charge >= 0.3 is 0 Å². The third-order valence-corrected chi connectivity index (χ3v) is 7.26. The lowest BCUT2D eigenvalue weighted by atomic mass is 9.88. The van der Waals surface area contributed by atoms with E-state index in [1.807, 2.05) is 60.7 Å². The molecule has 0 heterocycles. The minimum absolute atomic E-state index is 0.618. The van der Waals surface area contributed by atoms with Gasteiger partial charge < -0.3 is 20.9 Å². The van der Waals surface area contributed by atoms with Crippen LogP contribution < -0.4 is 20.9 Å². The molecule has 190 valence electrons. The SMILES string of the molecule is Cc1c(Oc2ccccc2N)ccc(-c2ccccc2-c2ccc(Oc3ccccc3N)c(C)c2C)c1C. The average molecular weight is 501 g/mol. The third-order valence-electron chi connectivity index (χ3n) is 7.26. The number of anilines is 2. The molecule has 0 saturated carbocycles. The molecule has 0 radical (unpaired) electrons. The van der Waals surface area contributed by atoms with E-state index in [0.29, 0.717) is 22.9 Å². The summed E-state index contributed by atoms with van der Waals surface area (Å²) >= 11 is 0. The van der Waals surface area contributed by atoms with Gasteiger partial charge in [-0.25, -0.2) is 0 Å². The molecule has 0 aromatic heterocycles. The first kappa shape index (κ1) is 25.0. The Balaban J connectivity index is 1.53. The molecular formula is C34H32N2O2. The number of benzene rings is 5. The molecule has 0 fully saturated rings. The van der Waals surface area contributed by atoms with E-state index in [2.05, 4.69) is 64.1 Å². The summed E-state index contributed by atoms with van der Waals surface area (Å²) in [5, 5.41) is 0. The third kappa shape index (κ3) is 4.69. The highest BCUT2D eigenvalue weighted by Gasteiger charge is 2.17. The number of nitrogen functional groups attached to an aromatic ring is 2. The van der Waals surface area contributed by atoms with Crippen molar-refractivity contribution in [2.45, 2.75) is 27.7 Å². The largest absolute Gasteiger partial charge is 0.455 e. The van der Waals surface area contributed by atoms with Gasteiger partial charge in [0.25, 0.3) is 0 Å². The van der Waals surface area contributed by atoms with Crippen molar-refractivity contribution in [3.63, 3.8) is 0 Å². The van der Waals surface area contributed by atoms with Crippen molar-refractivity contribution in [3.8, 4) is 45.3 Å². The Morgan fingerprint density at radius 3 is 1.13 bits per heavy atom. The second-order valence-corrected chi connectivity index (χ2v) is 9.55. The van der Waals surface area contributed by atoms with Gasteiger partial charge in [0.15, 0.2) is 0 Å². The Hall–Kier alpha value is -4.70. The highest BCUT2D eigenvalue weighted by atomic mass is 16.5. The maximum atomic E-state index is 6.18. The molecule has 0 saturated heterocycles. The topological polar surface area (TPSA) is 70.5 Å². The normalized spacial score (nSPS) is 10.8. The predicted octanol–water partition coefficient (Wildman–Crippen LogP) is 9.00. The fourth-order valence-electron chi connectivity index (χ4n) is 4.73. The van der Waals surface area contributed by atoms with Crippen LogP contribution in [-0.2, 0) is 0 Å². The summed E-state index contributed by atoms with van der Waals surface area (Å²) in [5.74, 6) is 2.92. The van der Waals surface area contributed by atoms with Crippen LogP contribution in [0.15, 0.2) is 97.1 Å². The van der Waals surface area contributed by atoms with Crippen LogP contribution in [0.3, 0.4) is 0 Å². The Bertz CT molecular complexity index is 1520. The molecule has 0 atom stereocenters. The molecule has 4 N–H and O–H groups in total. The first-order chi connectivity index (χ1) is 18.3. The van der Waals surface area contributed by atoms with E-state index in [0.717, 1.165) is 22.6 Å². The Labute approximate surface area is 224 Å². The van der Waals surface area contributed by atoms with E-state index in [4.69, 9.17) is 20.9 Å². The van der Waals surface area contributed by atoms with Crippen molar-refractivity contribution in [1.82, 2.24) is 0 Å². The highest BCUT2D eigenvalue weighted by Crippen LogP contribution is 2.41. The summed E-state index contributed by atoms with van der Waals surface area (Å²) in [6.45, 7) is 8.46. The number of para-hydroxylation sites is 4. The van der Waals surface area contributed by atoms with Gasteiger partial charge in [-0.1, -0.05) is 60.7 Å². The van der Waals surface area contributed by atoms with Crippen molar-refractivity contribution in [2.24, 2.45) is 0 Å². The summed E-state index contributed by atoms with van der Waals surface area (Å²) in [5.41, 5.74) is 22.6. The van der Waals surface area contributed by atoms with Gasteiger partial charge in [-0.05, 0) is 109 Å². The Morgan fingerprint density at radius 1 is 0.368 bits per heavy atom. The molecule has 0 aliphatic carbocycles. The molecule has 5 aromatic rings. The van der Waals surface area contributed by atoms with E-state index in [1.165, 1.54) is 33.4 Å². The quantitative estimate of drug-likeness (QED) is 0.228. The number of hydrogen-bond acceptors (Lipinski definition) is 4. The monoisotopic (exact) mass is 500 g/mol. The molecular weight excluding hydrogens is 468 g/mol. The van der Waals surface area contributed by atoms with Crippen LogP contribution in [0.2, 0.25) is 0 Å². The minimum atomic E-state index is 0.618. The molecule has 5 aromatic carbocycles. The molecule has 5 rings (SSSR count). The van der Waals surface area contributed by atoms with E-state index in [1.54, 1.807) is 0 Å². The summed E-state index contributed by atoms with van der Waals surface area (Å²) in [6, 6.07) is 32.0. The van der Waals surface area contributed by atoms with Crippen molar-refractivity contribution in [2.75, 3.05) is 11.5 Å². The maximum absolute atomic E-state index is 6.18. The molecule has 0 aliphatic rings. The second-order valence-electron chi connectivity index (χ2n) is 9.55. The van der Waals surface area contributed by atoms with Crippen LogP contribution in [0.5, 0.6) is 23.0 Å². The van der Waals surface area contributed by atoms with E-state index < -0.39 is 0 Å².